The largest absolute Gasteiger partial charge is 0.378 e. The third-order valence-corrected chi connectivity index (χ3v) is 3.97. The van der Waals surface area contributed by atoms with Crippen molar-refractivity contribution in [3.8, 4) is 0 Å². The summed E-state index contributed by atoms with van der Waals surface area (Å²) >= 11 is 0. The van der Waals surface area contributed by atoms with Crippen molar-refractivity contribution in [2.75, 3.05) is 37.7 Å². The van der Waals surface area contributed by atoms with E-state index in [9.17, 15) is 10.1 Å². The molecule has 3 rings (SSSR count). The van der Waals surface area contributed by atoms with Gasteiger partial charge in [0.25, 0.3) is 5.69 Å². The maximum absolute atomic E-state index is 11.3. The first kappa shape index (κ1) is 13.3. The van der Waals surface area contributed by atoms with E-state index in [1.165, 1.54) is 0 Å². The molecule has 0 aromatic heterocycles. The topological polar surface area (TPSA) is 67.6 Å². The fourth-order valence-corrected chi connectivity index (χ4v) is 2.91. The number of benzene rings is 1. The minimum Gasteiger partial charge on any atom is -0.378 e. The highest BCUT2D eigenvalue weighted by Crippen LogP contribution is 2.33. The quantitative estimate of drug-likeness (QED) is 0.674. The molecule has 1 aromatic carbocycles. The highest BCUT2D eigenvalue weighted by Gasteiger charge is 2.25. The standard InChI is InChI=1S/C14H19N3O3/c18-17(19)14-9-11(12-10-20-8-5-15-12)3-4-13(14)16-6-1-2-7-16/h3-4,9,12,15H,1-2,5-8,10H2/t12-/m1/s1. The van der Waals surface area contributed by atoms with Crippen LogP contribution in [0, 0.1) is 10.1 Å². The number of hydrogen-bond acceptors (Lipinski definition) is 5. The molecule has 0 aliphatic carbocycles. The molecule has 6 heteroatoms. The van der Waals surface area contributed by atoms with Crippen LogP contribution in [0.25, 0.3) is 0 Å². The molecule has 1 aromatic rings. The second-order valence-corrected chi connectivity index (χ2v) is 5.28. The number of nitrogens with zero attached hydrogens (tertiary/aromatic N) is 2. The molecule has 2 saturated heterocycles. The van der Waals surface area contributed by atoms with Gasteiger partial charge in [0.2, 0.25) is 0 Å². The Bertz CT molecular complexity index is 494. The lowest BCUT2D eigenvalue weighted by Gasteiger charge is -2.25. The zero-order valence-electron chi connectivity index (χ0n) is 11.4. The lowest BCUT2D eigenvalue weighted by atomic mass is 10.0. The fourth-order valence-electron chi connectivity index (χ4n) is 2.91. The Morgan fingerprint density at radius 3 is 2.80 bits per heavy atom. The fraction of sp³-hybridized carbons (Fsp3) is 0.571. The lowest BCUT2D eigenvalue weighted by Crippen LogP contribution is -2.34. The van der Waals surface area contributed by atoms with Gasteiger partial charge in [-0.05, 0) is 24.5 Å². The third kappa shape index (κ3) is 2.62. The summed E-state index contributed by atoms with van der Waals surface area (Å²) in [5.74, 6) is 0. The van der Waals surface area contributed by atoms with Crippen molar-refractivity contribution in [2.45, 2.75) is 18.9 Å². The van der Waals surface area contributed by atoms with Crippen LogP contribution in [-0.2, 0) is 4.74 Å². The van der Waals surface area contributed by atoms with E-state index in [0.717, 1.165) is 43.7 Å². The number of anilines is 1. The zero-order chi connectivity index (χ0) is 13.9. The maximum atomic E-state index is 11.3. The summed E-state index contributed by atoms with van der Waals surface area (Å²) in [4.78, 5) is 13.2. The van der Waals surface area contributed by atoms with Crippen LogP contribution in [0.15, 0.2) is 18.2 Å². The third-order valence-electron chi connectivity index (χ3n) is 3.97. The average Bonchev–Trinajstić information content (AvgIpc) is 3.01. The van der Waals surface area contributed by atoms with Crippen LogP contribution in [0.4, 0.5) is 11.4 Å². The predicted octanol–water partition coefficient (Wildman–Crippen LogP) is 1.86. The van der Waals surface area contributed by atoms with E-state index in [0.29, 0.717) is 13.2 Å². The number of ether oxygens (including phenoxy) is 1. The van der Waals surface area contributed by atoms with Gasteiger partial charge >= 0.3 is 0 Å². The minimum absolute atomic E-state index is 0.0510. The molecule has 2 aliphatic heterocycles. The minimum atomic E-state index is -0.277. The number of nitro benzene ring substituents is 1. The van der Waals surface area contributed by atoms with Crippen LogP contribution in [0.2, 0.25) is 0 Å². The van der Waals surface area contributed by atoms with Gasteiger partial charge in [-0.1, -0.05) is 6.07 Å². The van der Waals surface area contributed by atoms with Crippen LogP contribution in [0.3, 0.4) is 0 Å². The molecular formula is C14H19N3O3. The van der Waals surface area contributed by atoms with Gasteiger partial charge < -0.3 is 15.0 Å². The summed E-state index contributed by atoms with van der Waals surface area (Å²) in [6.45, 7) is 3.87. The molecule has 0 amide bonds. The molecule has 0 radical (unpaired) electrons. The van der Waals surface area contributed by atoms with E-state index in [1.807, 2.05) is 12.1 Å². The van der Waals surface area contributed by atoms with Gasteiger partial charge in [-0.3, -0.25) is 10.1 Å². The van der Waals surface area contributed by atoms with Crippen molar-refractivity contribution < 1.29 is 9.66 Å². The van der Waals surface area contributed by atoms with E-state index in [2.05, 4.69) is 10.2 Å². The number of rotatable bonds is 3. The van der Waals surface area contributed by atoms with Gasteiger partial charge in [0.1, 0.15) is 5.69 Å². The predicted molar refractivity (Wildman–Crippen MR) is 76.1 cm³/mol. The highest BCUT2D eigenvalue weighted by atomic mass is 16.6. The van der Waals surface area contributed by atoms with Crippen molar-refractivity contribution in [2.24, 2.45) is 0 Å². The molecule has 2 aliphatic rings. The molecule has 1 N–H and O–H groups in total. The molecule has 20 heavy (non-hydrogen) atoms. The first-order valence-electron chi connectivity index (χ1n) is 7.10. The lowest BCUT2D eigenvalue weighted by molar-refractivity contribution is -0.384. The Balaban J connectivity index is 1.90. The van der Waals surface area contributed by atoms with Gasteiger partial charge in [0, 0.05) is 25.7 Å². The van der Waals surface area contributed by atoms with Crippen molar-refractivity contribution in [3.05, 3.63) is 33.9 Å². The van der Waals surface area contributed by atoms with Crippen LogP contribution in [0.1, 0.15) is 24.4 Å². The van der Waals surface area contributed by atoms with E-state index < -0.39 is 0 Å². The molecular weight excluding hydrogens is 258 g/mol. The van der Waals surface area contributed by atoms with Gasteiger partial charge in [0.15, 0.2) is 0 Å². The summed E-state index contributed by atoms with van der Waals surface area (Å²) in [5.41, 5.74) is 1.88. The number of nitrogens with one attached hydrogen (secondary N) is 1. The molecule has 1 atom stereocenters. The van der Waals surface area contributed by atoms with Gasteiger partial charge in [-0.25, -0.2) is 0 Å². The summed E-state index contributed by atoms with van der Waals surface area (Å²) in [6.07, 6.45) is 2.22. The Labute approximate surface area is 117 Å². The summed E-state index contributed by atoms with van der Waals surface area (Å²) in [7, 11) is 0. The van der Waals surface area contributed by atoms with Gasteiger partial charge in [0.05, 0.1) is 24.2 Å². The Morgan fingerprint density at radius 2 is 2.15 bits per heavy atom. The summed E-state index contributed by atoms with van der Waals surface area (Å²) in [6, 6.07) is 5.61. The summed E-state index contributed by atoms with van der Waals surface area (Å²) in [5, 5.41) is 14.7. The molecule has 0 unspecified atom stereocenters. The van der Waals surface area contributed by atoms with Gasteiger partial charge in [-0.15, -0.1) is 0 Å². The maximum Gasteiger partial charge on any atom is 0.292 e. The highest BCUT2D eigenvalue weighted by molar-refractivity contribution is 5.65. The Kier molecular flexibility index (Phi) is 3.84. The molecule has 2 fully saturated rings. The number of hydrogen-bond donors (Lipinski definition) is 1. The number of morpholine rings is 1. The van der Waals surface area contributed by atoms with Crippen LogP contribution >= 0.6 is 0 Å². The van der Waals surface area contributed by atoms with Crippen LogP contribution < -0.4 is 10.2 Å². The van der Waals surface area contributed by atoms with E-state index in [1.54, 1.807) is 6.07 Å². The van der Waals surface area contributed by atoms with E-state index in [-0.39, 0.29) is 16.7 Å². The number of nitro groups is 1. The van der Waals surface area contributed by atoms with Crippen molar-refractivity contribution in [1.82, 2.24) is 5.32 Å². The second-order valence-electron chi connectivity index (χ2n) is 5.28. The van der Waals surface area contributed by atoms with Crippen molar-refractivity contribution >= 4 is 11.4 Å². The Morgan fingerprint density at radius 1 is 1.35 bits per heavy atom. The average molecular weight is 277 g/mol. The monoisotopic (exact) mass is 277 g/mol. The molecule has 0 bridgehead atoms. The van der Waals surface area contributed by atoms with Gasteiger partial charge in [-0.2, -0.15) is 0 Å². The zero-order valence-corrected chi connectivity index (χ0v) is 11.4. The van der Waals surface area contributed by atoms with Crippen LogP contribution in [0.5, 0.6) is 0 Å². The van der Waals surface area contributed by atoms with E-state index in [4.69, 9.17) is 4.74 Å². The molecule has 2 heterocycles. The van der Waals surface area contributed by atoms with Crippen molar-refractivity contribution in [1.29, 1.82) is 0 Å². The SMILES string of the molecule is O=[N+]([O-])c1cc([C@H]2COCCN2)ccc1N1CCCC1. The van der Waals surface area contributed by atoms with Crippen molar-refractivity contribution in [3.63, 3.8) is 0 Å². The molecule has 0 spiro atoms. The van der Waals surface area contributed by atoms with Crippen LogP contribution in [-0.4, -0.2) is 37.8 Å². The summed E-state index contributed by atoms with van der Waals surface area (Å²) < 4.78 is 5.42. The molecule has 6 nitrogen and oxygen atoms in total. The normalized spacial score (nSPS) is 23.0. The smallest absolute Gasteiger partial charge is 0.292 e. The second kappa shape index (κ2) is 5.76. The first-order chi connectivity index (χ1) is 9.75. The first-order valence-corrected chi connectivity index (χ1v) is 7.10. The van der Waals surface area contributed by atoms with E-state index >= 15 is 0 Å². The Hall–Kier alpha value is -1.66. The molecule has 0 saturated carbocycles. The molecule has 108 valence electrons.